The SMILES string of the molecule is CCCCCC(=O)NCCC(C)O. The highest BCUT2D eigenvalue weighted by Gasteiger charge is 2.00. The zero-order chi connectivity index (χ0) is 10.1. The van der Waals surface area contributed by atoms with E-state index in [2.05, 4.69) is 12.2 Å². The monoisotopic (exact) mass is 187 g/mol. The molecule has 0 aliphatic heterocycles. The lowest BCUT2D eigenvalue weighted by atomic mass is 10.2. The molecule has 0 bridgehead atoms. The van der Waals surface area contributed by atoms with E-state index in [1.54, 1.807) is 6.92 Å². The first-order valence-electron chi connectivity index (χ1n) is 5.11. The van der Waals surface area contributed by atoms with Gasteiger partial charge in [-0.05, 0) is 19.8 Å². The van der Waals surface area contributed by atoms with Gasteiger partial charge in [0, 0.05) is 13.0 Å². The normalized spacial score (nSPS) is 12.5. The number of aliphatic hydroxyl groups is 1. The predicted molar refractivity (Wildman–Crippen MR) is 53.4 cm³/mol. The van der Waals surface area contributed by atoms with Gasteiger partial charge >= 0.3 is 0 Å². The third-order valence-electron chi connectivity index (χ3n) is 1.89. The Hall–Kier alpha value is -0.570. The molecule has 2 N–H and O–H groups in total. The Balaban J connectivity index is 3.20. The van der Waals surface area contributed by atoms with E-state index in [0.717, 1.165) is 19.3 Å². The van der Waals surface area contributed by atoms with Gasteiger partial charge in [-0.3, -0.25) is 4.79 Å². The molecule has 1 unspecified atom stereocenters. The summed E-state index contributed by atoms with van der Waals surface area (Å²) in [6, 6.07) is 0. The van der Waals surface area contributed by atoms with Crippen LogP contribution < -0.4 is 5.32 Å². The molecular formula is C10H21NO2. The largest absolute Gasteiger partial charge is 0.393 e. The Bertz CT molecular complexity index is 135. The first-order chi connectivity index (χ1) is 6.16. The minimum atomic E-state index is -0.323. The molecule has 0 aliphatic rings. The summed E-state index contributed by atoms with van der Waals surface area (Å²) < 4.78 is 0. The molecular weight excluding hydrogens is 166 g/mol. The highest BCUT2D eigenvalue weighted by atomic mass is 16.3. The number of unbranched alkanes of at least 4 members (excludes halogenated alkanes) is 2. The van der Waals surface area contributed by atoms with Gasteiger partial charge in [-0.1, -0.05) is 19.8 Å². The Morgan fingerprint density at radius 1 is 1.46 bits per heavy atom. The number of rotatable bonds is 7. The maximum Gasteiger partial charge on any atom is 0.219 e. The van der Waals surface area contributed by atoms with Gasteiger partial charge in [-0.2, -0.15) is 0 Å². The van der Waals surface area contributed by atoms with Crippen molar-refractivity contribution >= 4 is 5.91 Å². The van der Waals surface area contributed by atoms with Crippen molar-refractivity contribution in [3.05, 3.63) is 0 Å². The van der Waals surface area contributed by atoms with Gasteiger partial charge in [0.05, 0.1) is 6.10 Å². The van der Waals surface area contributed by atoms with Gasteiger partial charge in [-0.25, -0.2) is 0 Å². The second kappa shape index (κ2) is 8.05. The smallest absolute Gasteiger partial charge is 0.219 e. The molecule has 13 heavy (non-hydrogen) atoms. The van der Waals surface area contributed by atoms with E-state index in [9.17, 15) is 4.79 Å². The molecule has 3 nitrogen and oxygen atoms in total. The number of nitrogens with one attached hydrogen (secondary N) is 1. The fourth-order valence-electron chi connectivity index (χ4n) is 1.04. The van der Waals surface area contributed by atoms with Crippen molar-refractivity contribution in [1.82, 2.24) is 5.32 Å². The lowest BCUT2D eigenvalue weighted by Crippen LogP contribution is -2.26. The highest BCUT2D eigenvalue weighted by molar-refractivity contribution is 5.75. The summed E-state index contributed by atoms with van der Waals surface area (Å²) in [6.45, 7) is 4.43. The molecule has 0 saturated heterocycles. The van der Waals surface area contributed by atoms with E-state index in [4.69, 9.17) is 5.11 Å². The number of carbonyl (C=O) groups is 1. The molecule has 0 radical (unpaired) electrons. The van der Waals surface area contributed by atoms with E-state index in [1.165, 1.54) is 0 Å². The van der Waals surface area contributed by atoms with Crippen molar-refractivity contribution < 1.29 is 9.90 Å². The van der Waals surface area contributed by atoms with Crippen LogP contribution in [-0.4, -0.2) is 23.7 Å². The molecule has 0 saturated carbocycles. The molecule has 0 rings (SSSR count). The summed E-state index contributed by atoms with van der Waals surface area (Å²) in [5, 5.41) is 11.7. The van der Waals surface area contributed by atoms with Gasteiger partial charge in [0.15, 0.2) is 0 Å². The van der Waals surface area contributed by atoms with Crippen LogP contribution in [0.1, 0.15) is 46.0 Å². The van der Waals surface area contributed by atoms with E-state index >= 15 is 0 Å². The van der Waals surface area contributed by atoms with Gasteiger partial charge in [0.2, 0.25) is 5.91 Å². The van der Waals surface area contributed by atoms with Crippen LogP contribution in [0.5, 0.6) is 0 Å². The Labute approximate surface area is 80.5 Å². The standard InChI is InChI=1S/C10H21NO2/c1-3-4-5-6-10(13)11-8-7-9(2)12/h9,12H,3-8H2,1-2H3,(H,11,13). The zero-order valence-electron chi connectivity index (χ0n) is 8.68. The maximum atomic E-state index is 11.1. The predicted octanol–water partition coefficient (Wildman–Crippen LogP) is 1.45. The van der Waals surface area contributed by atoms with Crippen molar-refractivity contribution in [2.24, 2.45) is 0 Å². The van der Waals surface area contributed by atoms with E-state index in [0.29, 0.717) is 19.4 Å². The minimum absolute atomic E-state index is 0.106. The summed E-state index contributed by atoms with van der Waals surface area (Å²) in [4.78, 5) is 11.1. The van der Waals surface area contributed by atoms with E-state index in [-0.39, 0.29) is 12.0 Å². The topological polar surface area (TPSA) is 49.3 Å². The van der Waals surface area contributed by atoms with Crippen LogP contribution >= 0.6 is 0 Å². The third-order valence-corrected chi connectivity index (χ3v) is 1.89. The zero-order valence-corrected chi connectivity index (χ0v) is 8.68. The van der Waals surface area contributed by atoms with Gasteiger partial charge in [0.25, 0.3) is 0 Å². The van der Waals surface area contributed by atoms with Gasteiger partial charge < -0.3 is 10.4 Å². The number of hydrogen-bond donors (Lipinski definition) is 2. The molecule has 0 aliphatic carbocycles. The molecule has 0 aromatic rings. The van der Waals surface area contributed by atoms with Gasteiger partial charge in [-0.15, -0.1) is 0 Å². The first kappa shape index (κ1) is 12.4. The molecule has 3 heteroatoms. The molecule has 1 atom stereocenters. The fraction of sp³-hybridized carbons (Fsp3) is 0.900. The van der Waals surface area contributed by atoms with Gasteiger partial charge in [0.1, 0.15) is 0 Å². The molecule has 0 aromatic heterocycles. The van der Waals surface area contributed by atoms with Crippen LogP contribution in [-0.2, 0) is 4.79 Å². The Kier molecular flexibility index (Phi) is 7.69. The summed E-state index contributed by atoms with van der Waals surface area (Å²) in [5.74, 6) is 0.106. The molecule has 0 spiro atoms. The van der Waals surface area contributed by atoms with Crippen molar-refractivity contribution in [3.8, 4) is 0 Å². The average molecular weight is 187 g/mol. The lowest BCUT2D eigenvalue weighted by Gasteiger charge is -2.06. The fourth-order valence-corrected chi connectivity index (χ4v) is 1.04. The first-order valence-corrected chi connectivity index (χ1v) is 5.11. The molecule has 0 aromatic carbocycles. The lowest BCUT2D eigenvalue weighted by molar-refractivity contribution is -0.121. The Morgan fingerprint density at radius 3 is 2.69 bits per heavy atom. The summed E-state index contributed by atoms with van der Waals surface area (Å²) in [5.41, 5.74) is 0. The van der Waals surface area contributed by atoms with Crippen LogP contribution in [0.3, 0.4) is 0 Å². The van der Waals surface area contributed by atoms with Crippen LogP contribution in [0.15, 0.2) is 0 Å². The van der Waals surface area contributed by atoms with Crippen molar-refractivity contribution in [3.63, 3.8) is 0 Å². The van der Waals surface area contributed by atoms with Crippen molar-refractivity contribution in [1.29, 1.82) is 0 Å². The number of carbonyl (C=O) groups excluding carboxylic acids is 1. The maximum absolute atomic E-state index is 11.1. The van der Waals surface area contributed by atoms with Crippen molar-refractivity contribution in [2.75, 3.05) is 6.54 Å². The second-order valence-electron chi connectivity index (χ2n) is 3.44. The minimum Gasteiger partial charge on any atom is -0.393 e. The molecule has 78 valence electrons. The average Bonchev–Trinajstić information content (AvgIpc) is 2.04. The molecule has 1 amide bonds. The second-order valence-corrected chi connectivity index (χ2v) is 3.44. The Morgan fingerprint density at radius 2 is 2.15 bits per heavy atom. The van der Waals surface area contributed by atoms with Crippen LogP contribution in [0.25, 0.3) is 0 Å². The number of amides is 1. The van der Waals surface area contributed by atoms with Crippen LogP contribution in [0.2, 0.25) is 0 Å². The highest BCUT2D eigenvalue weighted by Crippen LogP contribution is 1.98. The van der Waals surface area contributed by atoms with E-state index in [1.807, 2.05) is 0 Å². The van der Waals surface area contributed by atoms with E-state index < -0.39 is 0 Å². The van der Waals surface area contributed by atoms with Crippen LogP contribution in [0.4, 0.5) is 0 Å². The summed E-state index contributed by atoms with van der Waals surface area (Å²) >= 11 is 0. The summed E-state index contributed by atoms with van der Waals surface area (Å²) in [7, 11) is 0. The number of aliphatic hydroxyl groups excluding tert-OH is 1. The molecule has 0 heterocycles. The quantitative estimate of drug-likeness (QED) is 0.593. The third kappa shape index (κ3) is 9.34. The number of hydrogen-bond acceptors (Lipinski definition) is 2. The van der Waals surface area contributed by atoms with Crippen molar-refractivity contribution in [2.45, 2.75) is 52.1 Å². The molecule has 0 fully saturated rings. The van der Waals surface area contributed by atoms with Crippen LogP contribution in [0, 0.1) is 0 Å². The summed E-state index contributed by atoms with van der Waals surface area (Å²) in [6.07, 6.45) is 4.16.